The van der Waals surface area contributed by atoms with Crippen molar-refractivity contribution in [2.75, 3.05) is 27.4 Å². The van der Waals surface area contributed by atoms with E-state index in [1.54, 1.807) is 14.2 Å². The van der Waals surface area contributed by atoms with Crippen LogP contribution in [0, 0.1) is 5.92 Å². The van der Waals surface area contributed by atoms with Crippen molar-refractivity contribution in [3.05, 3.63) is 77.1 Å². The van der Waals surface area contributed by atoms with Gasteiger partial charge in [0.15, 0.2) is 0 Å². The Morgan fingerprint density at radius 2 is 1.90 bits per heavy atom. The number of hydrogen-bond acceptors (Lipinski definition) is 7. The molecule has 1 unspecified atom stereocenters. The minimum atomic E-state index is -0.996. The number of hydrogen-bond donors (Lipinski definition) is 3. The van der Waals surface area contributed by atoms with Crippen molar-refractivity contribution in [1.29, 1.82) is 0 Å². The molecule has 8 nitrogen and oxygen atoms in total. The molecule has 4 aromatic rings. The molecule has 0 aliphatic carbocycles. The molecule has 0 bridgehead atoms. The van der Waals surface area contributed by atoms with Crippen LogP contribution >= 0.6 is 0 Å². The van der Waals surface area contributed by atoms with E-state index in [2.05, 4.69) is 34.9 Å². The molecule has 0 spiro atoms. The van der Waals surface area contributed by atoms with Gasteiger partial charge in [0.25, 0.3) is 0 Å². The van der Waals surface area contributed by atoms with Crippen LogP contribution < -0.4 is 16.3 Å². The average molecular weight is 544 g/mol. The fourth-order valence-electron chi connectivity index (χ4n) is 6.07. The molecule has 5 rings (SSSR count). The lowest BCUT2D eigenvalue weighted by molar-refractivity contribution is 0.0609. The Balaban J connectivity index is 1.85. The summed E-state index contributed by atoms with van der Waals surface area (Å²) < 4.78 is 14.0. The fourth-order valence-corrected chi connectivity index (χ4v) is 6.07. The SMILES string of the molecule is COc1ccccc1C(CC1CCOCC1)n1c2cc(C(C)(C)O)ccc2c2ncc(/C(=C(\C)N)N(C)N)cc21. The first-order valence-electron chi connectivity index (χ1n) is 13.9. The van der Waals surface area contributed by atoms with Gasteiger partial charge in [0, 0.05) is 48.7 Å². The summed E-state index contributed by atoms with van der Waals surface area (Å²) in [5.74, 6) is 7.54. The predicted molar refractivity (Wildman–Crippen MR) is 161 cm³/mol. The molecule has 1 aliphatic rings. The maximum Gasteiger partial charge on any atom is 0.124 e. The normalized spacial score (nSPS) is 16.3. The second-order valence-electron chi connectivity index (χ2n) is 11.4. The third-order valence-electron chi connectivity index (χ3n) is 8.05. The van der Waals surface area contributed by atoms with Crippen molar-refractivity contribution in [2.24, 2.45) is 17.5 Å². The molecule has 1 atom stereocenters. The summed E-state index contributed by atoms with van der Waals surface area (Å²) in [6, 6.07) is 16.5. The summed E-state index contributed by atoms with van der Waals surface area (Å²) in [4.78, 5) is 4.97. The van der Waals surface area contributed by atoms with Crippen LogP contribution in [-0.2, 0) is 10.3 Å². The third-order valence-corrected chi connectivity index (χ3v) is 8.05. The van der Waals surface area contributed by atoms with E-state index in [1.807, 2.05) is 45.2 Å². The number of para-hydroxylation sites is 1. The van der Waals surface area contributed by atoms with Crippen LogP contribution in [0.5, 0.6) is 5.75 Å². The smallest absolute Gasteiger partial charge is 0.124 e. The maximum atomic E-state index is 11.0. The van der Waals surface area contributed by atoms with Crippen LogP contribution in [0.2, 0.25) is 0 Å². The first-order valence-corrected chi connectivity index (χ1v) is 13.9. The molecule has 40 heavy (non-hydrogen) atoms. The van der Waals surface area contributed by atoms with E-state index < -0.39 is 5.60 Å². The van der Waals surface area contributed by atoms with Crippen LogP contribution in [0.4, 0.5) is 0 Å². The molecule has 8 heteroatoms. The molecule has 0 saturated carbocycles. The van der Waals surface area contributed by atoms with E-state index in [9.17, 15) is 5.11 Å². The molecule has 2 aromatic carbocycles. The van der Waals surface area contributed by atoms with Crippen molar-refractivity contribution >= 4 is 27.6 Å². The average Bonchev–Trinajstić information content (AvgIpc) is 3.24. The van der Waals surface area contributed by atoms with Crippen molar-refractivity contribution in [1.82, 2.24) is 14.6 Å². The van der Waals surface area contributed by atoms with Crippen molar-refractivity contribution in [3.8, 4) is 5.75 Å². The molecular weight excluding hydrogens is 502 g/mol. The molecule has 212 valence electrons. The van der Waals surface area contributed by atoms with Gasteiger partial charge in [0.05, 0.1) is 41.0 Å². The number of nitrogens with two attached hydrogens (primary N) is 2. The quantitative estimate of drug-likeness (QED) is 0.205. The summed E-state index contributed by atoms with van der Waals surface area (Å²) >= 11 is 0. The standard InChI is InChI=1S/C32H41N5O3/c1-20(33)31(36(4)34)22-17-28-30(35-19-22)25-11-10-23(32(2,3)38)18-27(25)37(28)26(16-21-12-14-40-15-13-21)24-8-6-7-9-29(24)39-5/h6-11,17-19,21,26,38H,12-16,33-34H2,1-5H3/b31-20-. The number of aliphatic hydroxyl groups is 1. The number of methoxy groups -OCH3 is 1. The van der Waals surface area contributed by atoms with Gasteiger partial charge < -0.3 is 29.9 Å². The second kappa shape index (κ2) is 11.1. The lowest BCUT2D eigenvalue weighted by atomic mass is 9.88. The van der Waals surface area contributed by atoms with E-state index in [0.29, 0.717) is 11.6 Å². The zero-order valence-electron chi connectivity index (χ0n) is 24.1. The number of pyridine rings is 1. The first-order chi connectivity index (χ1) is 19.1. The minimum Gasteiger partial charge on any atom is -0.496 e. The number of fused-ring (bicyclic) bond motifs is 3. The van der Waals surface area contributed by atoms with Crippen molar-refractivity contribution in [2.45, 2.75) is 51.7 Å². The molecule has 1 fully saturated rings. The first kappa shape index (κ1) is 28.0. The Labute approximate surface area is 236 Å². The number of ether oxygens (including phenoxy) is 2. The van der Waals surface area contributed by atoms with E-state index in [1.165, 1.54) is 5.01 Å². The summed E-state index contributed by atoms with van der Waals surface area (Å²) in [7, 11) is 3.50. The van der Waals surface area contributed by atoms with Gasteiger partial charge in [-0.05, 0) is 69.7 Å². The van der Waals surface area contributed by atoms with Crippen LogP contribution in [0.15, 0.2) is 60.4 Å². The van der Waals surface area contributed by atoms with E-state index >= 15 is 0 Å². The molecule has 5 N–H and O–H groups in total. The predicted octanol–water partition coefficient (Wildman–Crippen LogP) is 5.28. The largest absolute Gasteiger partial charge is 0.496 e. The van der Waals surface area contributed by atoms with E-state index in [0.717, 1.165) is 82.5 Å². The summed E-state index contributed by atoms with van der Waals surface area (Å²) in [5.41, 5.74) is 12.3. The Hall–Kier alpha value is -3.59. The molecule has 0 amide bonds. The molecular formula is C32H41N5O3. The zero-order chi connectivity index (χ0) is 28.6. The minimum absolute atomic E-state index is 0.0460. The molecule has 2 aromatic heterocycles. The lowest BCUT2D eigenvalue weighted by Crippen LogP contribution is -2.26. The van der Waals surface area contributed by atoms with Crippen LogP contribution in [0.3, 0.4) is 0 Å². The van der Waals surface area contributed by atoms with Crippen LogP contribution in [-0.4, -0.2) is 47.0 Å². The Morgan fingerprint density at radius 3 is 2.55 bits per heavy atom. The Morgan fingerprint density at radius 1 is 1.18 bits per heavy atom. The highest BCUT2D eigenvalue weighted by Crippen LogP contribution is 2.42. The fraction of sp³-hybridized carbons (Fsp3) is 0.406. The zero-order valence-corrected chi connectivity index (χ0v) is 24.1. The van der Waals surface area contributed by atoms with E-state index in [4.69, 9.17) is 26.0 Å². The highest BCUT2D eigenvalue weighted by molar-refractivity contribution is 6.06. The van der Waals surface area contributed by atoms with Crippen molar-refractivity contribution < 1.29 is 14.6 Å². The maximum absolute atomic E-state index is 11.0. The molecule has 1 aliphatic heterocycles. The Bertz CT molecular complexity index is 1540. The highest BCUT2D eigenvalue weighted by atomic mass is 16.5. The van der Waals surface area contributed by atoms with Crippen LogP contribution in [0.25, 0.3) is 27.6 Å². The van der Waals surface area contributed by atoms with Gasteiger partial charge >= 0.3 is 0 Å². The van der Waals surface area contributed by atoms with Gasteiger partial charge in [0.1, 0.15) is 5.75 Å². The third kappa shape index (κ3) is 5.27. The monoisotopic (exact) mass is 543 g/mol. The second-order valence-corrected chi connectivity index (χ2v) is 11.4. The van der Waals surface area contributed by atoms with Gasteiger partial charge in [-0.25, -0.2) is 5.84 Å². The van der Waals surface area contributed by atoms with Gasteiger partial charge in [-0.2, -0.15) is 0 Å². The van der Waals surface area contributed by atoms with Crippen molar-refractivity contribution in [3.63, 3.8) is 0 Å². The lowest BCUT2D eigenvalue weighted by Gasteiger charge is -2.30. The highest BCUT2D eigenvalue weighted by Gasteiger charge is 2.29. The van der Waals surface area contributed by atoms with Crippen LogP contribution in [0.1, 0.15) is 62.8 Å². The van der Waals surface area contributed by atoms with E-state index in [-0.39, 0.29) is 6.04 Å². The molecule has 1 saturated heterocycles. The topological polar surface area (TPSA) is 112 Å². The number of aromatic nitrogens is 2. The summed E-state index contributed by atoms with van der Waals surface area (Å²) in [6.45, 7) is 7.03. The summed E-state index contributed by atoms with van der Waals surface area (Å²) in [6.07, 6.45) is 4.77. The Kier molecular flexibility index (Phi) is 7.77. The number of hydrazine groups is 1. The van der Waals surface area contributed by atoms with Gasteiger partial charge in [0.2, 0.25) is 0 Å². The number of nitrogens with zero attached hydrogens (tertiary/aromatic N) is 3. The van der Waals surface area contributed by atoms with Gasteiger partial charge in [-0.3, -0.25) is 4.98 Å². The number of allylic oxidation sites excluding steroid dienone is 1. The molecule has 0 radical (unpaired) electrons. The van der Waals surface area contributed by atoms with Gasteiger partial charge in [-0.15, -0.1) is 0 Å². The summed E-state index contributed by atoms with van der Waals surface area (Å²) in [5, 5.41) is 13.5. The van der Waals surface area contributed by atoms with Gasteiger partial charge in [-0.1, -0.05) is 30.3 Å². The number of benzene rings is 2. The molecule has 3 heterocycles. The number of rotatable bonds is 8.